The Balaban J connectivity index is 1.74. The fraction of sp³-hybridized carbons (Fsp3) is 0.286. The van der Waals surface area contributed by atoms with Crippen LogP contribution in [0.25, 0.3) is 16.9 Å². The molecular formula is C14H16N4O2S. The molecule has 0 saturated heterocycles. The van der Waals surface area contributed by atoms with Crippen LogP contribution in [0, 0.1) is 0 Å². The first kappa shape index (κ1) is 14.0. The fourth-order valence-electron chi connectivity index (χ4n) is 1.97. The summed E-state index contributed by atoms with van der Waals surface area (Å²) in [5, 5.41) is 20.3. The molecular weight excluding hydrogens is 288 g/mol. The Labute approximate surface area is 126 Å². The Kier molecular flexibility index (Phi) is 4.44. The van der Waals surface area contributed by atoms with Crippen LogP contribution in [0.3, 0.4) is 0 Å². The average Bonchev–Trinajstić information content (AvgIpc) is 3.15. The average molecular weight is 304 g/mol. The lowest BCUT2D eigenvalue weighted by Crippen LogP contribution is -2.24. The van der Waals surface area contributed by atoms with Crippen LogP contribution in [0.2, 0.25) is 0 Å². The number of aromatic nitrogens is 3. The highest BCUT2D eigenvalue weighted by Crippen LogP contribution is 2.23. The fourth-order valence-corrected chi connectivity index (χ4v) is 2.62. The number of hydrogen-bond acceptors (Lipinski definition) is 6. The van der Waals surface area contributed by atoms with Crippen LogP contribution in [-0.4, -0.2) is 46.0 Å². The van der Waals surface area contributed by atoms with E-state index in [9.17, 15) is 0 Å². The SMILES string of the molecule is OCCNCCOc1ccc2ncc(-c3ccsc3)n2n1. The Morgan fingerprint density at radius 1 is 1.29 bits per heavy atom. The van der Waals surface area contributed by atoms with Gasteiger partial charge in [-0.1, -0.05) is 0 Å². The van der Waals surface area contributed by atoms with Gasteiger partial charge in [0.2, 0.25) is 5.88 Å². The van der Waals surface area contributed by atoms with E-state index in [-0.39, 0.29) is 6.61 Å². The molecule has 0 fully saturated rings. The van der Waals surface area contributed by atoms with Gasteiger partial charge in [-0.3, -0.25) is 0 Å². The molecule has 3 aromatic rings. The first-order valence-corrected chi connectivity index (χ1v) is 7.64. The molecule has 3 rings (SSSR count). The topological polar surface area (TPSA) is 71.7 Å². The maximum absolute atomic E-state index is 8.67. The smallest absolute Gasteiger partial charge is 0.231 e. The van der Waals surface area contributed by atoms with Gasteiger partial charge in [-0.05, 0) is 17.5 Å². The first-order valence-electron chi connectivity index (χ1n) is 6.70. The van der Waals surface area contributed by atoms with Gasteiger partial charge in [-0.2, -0.15) is 11.3 Å². The number of nitrogens with zero attached hydrogens (tertiary/aromatic N) is 3. The van der Waals surface area contributed by atoms with Crippen molar-refractivity contribution in [3.05, 3.63) is 35.2 Å². The van der Waals surface area contributed by atoms with Crippen LogP contribution in [0.4, 0.5) is 0 Å². The molecule has 110 valence electrons. The standard InChI is InChI=1S/C14H16N4O2S/c19-6-4-15-5-7-20-14-2-1-13-16-9-12(18(13)17-14)11-3-8-21-10-11/h1-3,8-10,15,19H,4-7H2. The summed E-state index contributed by atoms with van der Waals surface area (Å²) in [6, 6.07) is 5.74. The van der Waals surface area contributed by atoms with E-state index in [0.717, 1.165) is 16.9 Å². The van der Waals surface area contributed by atoms with Crippen molar-refractivity contribution < 1.29 is 9.84 Å². The first-order chi connectivity index (χ1) is 10.4. The lowest BCUT2D eigenvalue weighted by atomic mass is 10.3. The molecule has 2 N–H and O–H groups in total. The van der Waals surface area contributed by atoms with Gasteiger partial charge in [0, 0.05) is 30.1 Å². The predicted octanol–water partition coefficient (Wildman–Crippen LogP) is 1.42. The van der Waals surface area contributed by atoms with Crippen LogP contribution in [-0.2, 0) is 0 Å². The maximum Gasteiger partial charge on any atom is 0.231 e. The zero-order valence-electron chi connectivity index (χ0n) is 11.4. The second-order valence-corrected chi connectivity index (χ2v) is 5.20. The molecule has 21 heavy (non-hydrogen) atoms. The molecule has 0 unspecified atom stereocenters. The van der Waals surface area contributed by atoms with Gasteiger partial charge in [0.1, 0.15) is 6.61 Å². The summed E-state index contributed by atoms with van der Waals surface area (Å²) in [6.07, 6.45) is 1.82. The van der Waals surface area contributed by atoms with Crippen molar-refractivity contribution in [2.45, 2.75) is 0 Å². The summed E-state index contributed by atoms with van der Waals surface area (Å²) in [5.41, 5.74) is 2.85. The molecule has 0 atom stereocenters. The number of ether oxygens (including phenoxy) is 1. The summed E-state index contributed by atoms with van der Waals surface area (Å²) in [7, 11) is 0. The zero-order valence-corrected chi connectivity index (χ0v) is 12.2. The number of thiophene rings is 1. The van der Waals surface area contributed by atoms with Gasteiger partial charge in [0.05, 0.1) is 18.5 Å². The molecule has 0 aliphatic carbocycles. The Hall–Kier alpha value is -1.96. The molecule has 0 aliphatic heterocycles. The van der Waals surface area contributed by atoms with Gasteiger partial charge in [0.15, 0.2) is 5.65 Å². The number of fused-ring (bicyclic) bond motifs is 1. The Morgan fingerprint density at radius 2 is 2.24 bits per heavy atom. The van der Waals surface area contributed by atoms with E-state index >= 15 is 0 Å². The molecule has 0 aromatic carbocycles. The molecule has 0 radical (unpaired) electrons. The molecule has 6 nitrogen and oxygen atoms in total. The number of hydrogen-bond donors (Lipinski definition) is 2. The monoisotopic (exact) mass is 304 g/mol. The van der Waals surface area contributed by atoms with E-state index in [1.165, 1.54) is 0 Å². The van der Waals surface area contributed by atoms with Crippen LogP contribution in [0.1, 0.15) is 0 Å². The van der Waals surface area contributed by atoms with E-state index in [1.807, 2.05) is 29.8 Å². The molecule has 0 spiro atoms. The largest absolute Gasteiger partial charge is 0.475 e. The van der Waals surface area contributed by atoms with Crippen molar-refractivity contribution in [2.24, 2.45) is 0 Å². The van der Waals surface area contributed by atoms with Crippen molar-refractivity contribution in [3.8, 4) is 17.1 Å². The molecule has 0 saturated carbocycles. The molecule has 0 amide bonds. The van der Waals surface area contributed by atoms with Crippen molar-refractivity contribution >= 4 is 17.0 Å². The number of nitrogens with one attached hydrogen (secondary N) is 1. The third kappa shape index (κ3) is 3.21. The Bertz CT molecular complexity index is 696. The highest BCUT2D eigenvalue weighted by molar-refractivity contribution is 7.08. The summed E-state index contributed by atoms with van der Waals surface area (Å²) in [4.78, 5) is 4.35. The van der Waals surface area contributed by atoms with E-state index in [0.29, 0.717) is 25.6 Å². The van der Waals surface area contributed by atoms with E-state index in [1.54, 1.807) is 15.9 Å². The Morgan fingerprint density at radius 3 is 3.05 bits per heavy atom. The van der Waals surface area contributed by atoms with Crippen LogP contribution >= 0.6 is 11.3 Å². The lowest BCUT2D eigenvalue weighted by Gasteiger charge is -2.06. The predicted molar refractivity (Wildman–Crippen MR) is 81.8 cm³/mol. The number of imidazole rings is 1. The van der Waals surface area contributed by atoms with Crippen LogP contribution < -0.4 is 10.1 Å². The lowest BCUT2D eigenvalue weighted by molar-refractivity contribution is 0.270. The summed E-state index contributed by atoms with van der Waals surface area (Å²) in [5.74, 6) is 0.558. The minimum atomic E-state index is 0.128. The van der Waals surface area contributed by atoms with Gasteiger partial charge in [-0.25, -0.2) is 9.50 Å². The molecule has 7 heteroatoms. The van der Waals surface area contributed by atoms with Crippen molar-refractivity contribution in [3.63, 3.8) is 0 Å². The third-order valence-electron chi connectivity index (χ3n) is 2.97. The summed E-state index contributed by atoms with van der Waals surface area (Å²) >= 11 is 1.64. The minimum Gasteiger partial charge on any atom is -0.475 e. The van der Waals surface area contributed by atoms with Gasteiger partial charge in [0.25, 0.3) is 0 Å². The van der Waals surface area contributed by atoms with Crippen LogP contribution in [0.15, 0.2) is 35.2 Å². The summed E-state index contributed by atoms with van der Waals surface area (Å²) in [6.45, 7) is 1.87. The normalized spacial score (nSPS) is 11.1. The van der Waals surface area contributed by atoms with Crippen molar-refractivity contribution in [1.82, 2.24) is 19.9 Å². The molecule has 0 bridgehead atoms. The third-order valence-corrected chi connectivity index (χ3v) is 3.66. The molecule has 3 aromatic heterocycles. The van der Waals surface area contributed by atoms with E-state index in [4.69, 9.17) is 9.84 Å². The van der Waals surface area contributed by atoms with Crippen molar-refractivity contribution in [2.75, 3.05) is 26.3 Å². The second kappa shape index (κ2) is 6.66. The highest BCUT2D eigenvalue weighted by atomic mass is 32.1. The van der Waals surface area contributed by atoms with E-state index < -0.39 is 0 Å². The van der Waals surface area contributed by atoms with Crippen LogP contribution in [0.5, 0.6) is 5.88 Å². The molecule has 3 heterocycles. The number of rotatable bonds is 7. The summed E-state index contributed by atoms with van der Waals surface area (Å²) < 4.78 is 7.39. The number of aliphatic hydroxyl groups is 1. The highest BCUT2D eigenvalue weighted by Gasteiger charge is 2.08. The maximum atomic E-state index is 8.67. The quantitative estimate of drug-likeness (QED) is 0.646. The van der Waals surface area contributed by atoms with E-state index in [2.05, 4.69) is 20.8 Å². The van der Waals surface area contributed by atoms with Gasteiger partial charge < -0.3 is 15.2 Å². The number of aliphatic hydroxyl groups excluding tert-OH is 1. The second-order valence-electron chi connectivity index (χ2n) is 4.42. The molecule has 0 aliphatic rings. The van der Waals surface area contributed by atoms with Gasteiger partial charge >= 0.3 is 0 Å². The van der Waals surface area contributed by atoms with Gasteiger partial charge in [-0.15, -0.1) is 5.10 Å². The zero-order chi connectivity index (χ0) is 14.5. The van der Waals surface area contributed by atoms with Crippen molar-refractivity contribution in [1.29, 1.82) is 0 Å². The minimum absolute atomic E-state index is 0.128.